The molecular formula is C18H26O6. The van der Waals surface area contributed by atoms with Gasteiger partial charge in [-0.25, -0.2) is 0 Å². The Morgan fingerprint density at radius 3 is 2.33 bits per heavy atom. The minimum absolute atomic E-state index is 0.0941. The zero-order valence-electron chi connectivity index (χ0n) is 14.8. The Balaban J connectivity index is 2.13. The van der Waals surface area contributed by atoms with Gasteiger partial charge >= 0.3 is 0 Å². The maximum Gasteiger partial charge on any atom is 0.220 e. The van der Waals surface area contributed by atoms with Gasteiger partial charge in [-0.05, 0) is 13.8 Å². The first-order valence-electron chi connectivity index (χ1n) is 7.97. The molecule has 24 heavy (non-hydrogen) atoms. The summed E-state index contributed by atoms with van der Waals surface area (Å²) in [5, 5.41) is 10.6. The van der Waals surface area contributed by atoms with Gasteiger partial charge in [0.25, 0.3) is 0 Å². The minimum atomic E-state index is -1.21. The maximum atomic E-state index is 12.5. The Kier molecular flexibility index (Phi) is 5.78. The molecule has 1 aliphatic heterocycles. The van der Waals surface area contributed by atoms with Gasteiger partial charge in [0.1, 0.15) is 6.10 Å². The van der Waals surface area contributed by atoms with Crippen LogP contribution in [-0.2, 0) is 18.9 Å². The summed E-state index contributed by atoms with van der Waals surface area (Å²) in [4.78, 5) is 12.5. The second-order valence-corrected chi connectivity index (χ2v) is 6.28. The molecule has 0 spiro atoms. The molecule has 5 atom stereocenters. The van der Waals surface area contributed by atoms with Crippen molar-refractivity contribution in [2.24, 2.45) is 5.92 Å². The SMILES string of the molecule is CO[C@]1(C)OC[C@@H]([C@H](O)[C@H](C)C(=O)c2ccccc2)O[C@@]1(C)OC. The molecule has 0 saturated carbocycles. The molecule has 0 bridgehead atoms. The summed E-state index contributed by atoms with van der Waals surface area (Å²) in [7, 11) is 2.98. The summed E-state index contributed by atoms with van der Waals surface area (Å²) in [6, 6.07) is 8.87. The predicted molar refractivity (Wildman–Crippen MR) is 87.6 cm³/mol. The lowest BCUT2D eigenvalue weighted by Crippen LogP contribution is -2.64. The summed E-state index contributed by atoms with van der Waals surface area (Å²) < 4.78 is 22.5. The Morgan fingerprint density at radius 1 is 1.21 bits per heavy atom. The van der Waals surface area contributed by atoms with Gasteiger partial charge in [0.05, 0.1) is 12.7 Å². The van der Waals surface area contributed by atoms with Crippen molar-refractivity contribution in [3.05, 3.63) is 35.9 Å². The molecule has 6 heteroatoms. The Bertz CT molecular complexity index is 562. The van der Waals surface area contributed by atoms with Crippen molar-refractivity contribution in [2.45, 2.75) is 44.6 Å². The largest absolute Gasteiger partial charge is 0.390 e. The molecule has 1 N–H and O–H groups in total. The molecule has 0 aliphatic carbocycles. The summed E-state index contributed by atoms with van der Waals surface area (Å²) in [6.45, 7) is 5.16. The highest BCUT2D eigenvalue weighted by atomic mass is 16.8. The molecule has 2 rings (SSSR count). The van der Waals surface area contributed by atoms with Gasteiger partial charge in [0, 0.05) is 25.7 Å². The van der Waals surface area contributed by atoms with E-state index >= 15 is 0 Å². The van der Waals surface area contributed by atoms with E-state index in [0.717, 1.165) is 0 Å². The lowest BCUT2D eigenvalue weighted by Gasteiger charge is -2.50. The number of Topliss-reactive ketones (excluding diaryl/α,β-unsaturated/α-hetero) is 1. The second kappa shape index (κ2) is 7.29. The van der Waals surface area contributed by atoms with Crippen LogP contribution in [-0.4, -0.2) is 55.5 Å². The van der Waals surface area contributed by atoms with Crippen LogP contribution >= 0.6 is 0 Å². The monoisotopic (exact) mass is 338 g/mol. The third-order valence-corrected chi connectivity index (χ3v) is 4.87. The van der Waals surface area contributed by atoms with Gasteiger partial charge in [0.2, 0.25) is 11.6 Å². The Morgan fingerprint density at radius 2 is 1.79 bits per heavy atom. The fraction of sp³-hybridized carbons (Fsp3) is 0.611. The Labute approximate surface area is 142 Å². The van der Waals surface area contributed by atoms with Gasteiger partial charge in [-0.15, -0.1) is 0 Å². The van der Waals surface area contributed by atoms with E-state index in [9.17, 15) is 9.90 Å². The fourth-order valence-electron chi connectivity index (χ4n) is 2.79. The van der Waals surface area contributed by atoms with Crippen molar-refractivity contribution < 1.29 is 28.8 Å². The molecule has 1 aromatic rings. The smallest absolute Gasteiger partial charge is 0.220 e. The summed E-state index contributed by atoms with van der Waals surface area (Å²) in [6.07, 6.45) is -1.74. The number of hydrogen-bond donors (Lipinski definition) is 1. The topological polar surface area (TPSA) is 74.2 Å². The number of methoxy groups -OCH3 is 2. The van der Waals surface area contributed by atoms with E-state index in [4.69, 9.17) is 18.9 Å². The number of benzene rings is 1. The van der Waals surface area contributed by atoms with Crippen LogP contribution in [0.1, 0.15) is 31.1 Å². The lowest BCUT2D eigenvalue weighted by molar-refractivity contribution is -0.437. The molecule has 1 saturated heterocycles. The minimum Gasteiger partial charge on any atom is -0.390 e. The molecule has 1 aliphatic rings. The average molecular weight is 338 g/mol. The molecule has 1 heterocycles. The number of ether oxygens (including phenoxy) is 4. The van der Waals surface area contributed by atoms with Crippen molar-refractivity contribution in [1.29, 1.82) is 0 Å². The maximum absolute atomic E-state index is 12.5. The molecule has 0 amide bonds. The number of aliphatic hydroxyl groups excluding tert-OH is 1. The first-order chi connectivity index (χ1) is 11.3. The van der Waals surface area contributed by atoms with E-state index in [1.54, 1.807) is 45.0 Å². The standard InChI is InChI=1S/C18H26O6/c1-12(15(19)13-9-7-6-8-10-13)16(20)14-11-23-17(2,21-4)18(3,22-5)24-14/h6-10,12,14,16,20H,11H2,1-5H3/t12-,14+,16-,17-,18-/m1/s1. The zero-order valence-corrected chi connectivity index (χ0v) is 14.8. The second-order valence-electron chi connectivity index (χ2n) is 6.28. The van der Waals surface area contributed by atoms with E-state index in [0.29, 0.717) is 5.56 Å². The number of carbonyl (C=O) groups excluding carboxylic acids is 1. The van der Waals surface area contributed by atoms with Gasteiger partial charge in [-0.3, -0.25) is 4.79 Å². The number of carbonyl (C=O) groups is 1. The molecular weight excluding hydrogens is 312 g/mol. The van der Waals surface area contributed by atoms with Crippen LogP contribution in [0.2, 0.25) is 0 Å². The normalized spacial score (nSPS) is 33.0. The molecule has 0 radical (unpaired) electrons. The van der Waals surface area contributed by atoms with Crippen LogP contribution in [0, 0.1) is 5.92 Å². The fourth-order valence-corrected chi connectivity index (χ4v) is 2.79. The summed E-state index contributed by atoms with van der Waals surface area (Å²) >= 11 is 0. The van der Waals surface area contributed by atoms with Crippen LogP contribution in [0.25, 0.3) is 0 Å². The third-order valence-electron chi connectivity index (χ3n) is 4.87. The van der Waals surface area contributed by atoms with Gasteiger partial charge in [-0.2, -0.15) is 0 Å². The van der Waals surface area contributed by atoms with Gasteiger partial charge < -0.3 is 24.1 Å². The van der Waals surface area contributed by atoms with Gasteiger partial charge in [-0.1, -0.05) is 37.3 Å². The first kappa shape index (κ1) is 19.0. The zero-order chi connectivity index (χ0) is 18.0. The van der Waals surface area contributed by atoms with Crippen LogP contribution in [0.3, 0.4) is 0 Å². The summed E-state index contributed by atoms with van der Waals surface area (Å²) in [5.74, 6) is -3.11. The third kappa shape index (κ3) is 3.38. The van der Waals surface area contributed by atoms with Crippen molar-refractivity contribution >= 4 is 5.78 Å². The highest BCUT2D eigenvalue weighted by molar-refractivity contribution is 5.97. The highest BCUT2D eigenvalue weighted by Gasteiger charge is 2.55. The van der Waals surface area contributed by atoms with Crippen molar-refractivity contribution in [1.82, 2.24) is 0 Å². The molecule has 134 valence electrons. The molecule has 1 aromatic carbocycles. The van der Waals surface area contributed by atoms with E-state index in [1.165, 1.54) is 14.2 Å². The molecule has 6 nitrogen and oxygen atoms in total. The van der Waals surface area contributed by atoms with E-state index < -0.39 is 29.7 Å². The number of hydrogen-bond acceptors (Lipinski definition) is 6. The number of rotatable bonds is 6. The Hall–Kier alpha value is -1.31. The molecule has 0 unspecified atom stereocenters. The van der Waals surface area contributed by atoms with Crippen LogP contribution in [0.15, 0.2) is 30.3 Å². The van der Waals surface area contributed by atoms with E-state index in [1.807, 2.05) is 6.07 Å². The van der Waals surface area contributed by atoms with Crippen LogP contribution < -0.4 is 0 Å². The highest BCUT2D eigenvalue weighted by Crippen LogP contribution is 2.38. The van der Waals surface area contributed by atoms with E-state index in [2.05, 4.69) is 0 Å². The van der Waals surface area contributed by atoms with Crippen molar-refractivity contribution in [2.75, 3.05) is 20.8 Å². The lowest BCUT2D eigenvalue weighted by atomic mass is 9.90. The van der Waals surface area contributed by atoms with Crippen molar-refractivity contribution in [3.63, 3.8) is 0 Å². The quantitative estimate of drug-likeness (QED) is 0.800. The average Bonchev–Trinajstić information content (AvgIpc) is 2.62. The van der Waals surface area contributed by atoms with Gasteiger partial charge in [0.15, 0.2) is 5.78 Å². The van der Waals surface area contributed by atoms with Crippen LogP contribution in [0.4, 0.5) is 0 Å². The van der Waals surface area contributed by atoms with Crippen LogP contribution in [0.5, 0.6) is 0 Å². The summed E-state index contributed by atoms with van der Waals surface area (Å²) in [5.41, 5.74) is 0.553. The molecule has 0 aromatic heterocycles. The number of aliphatic hydroxyl groups is 1. The van der Waals surface area contributed by atoms with Crippen molar-refractivity contribution in [3.8, 4) is 0 Å². The predicted octanol–water partition coefficient (Wildman–Crippen LogP) is 2.01. The number of ketones is 1. The molecule has 1 fully saturated rings. The van der Waals surface area contributed by atoms with E-state index in [-0.39, 0.29) is 12.4 Å². The first-order valence-corrected chi connectivity index (χ1v) is 7.97.